The van der Waals surface area contributed by atoms with Crippen molar-refractivity contribution in [2.45, 2.75) is 26.4 Å². The third kappa shape index (κ3) is 5.22. The van der Waals surface area contributed by atoms with Crippen LogP contribution >= 0.6 is 23.8 Å². The quantitative estimate of drug-likeness (QED) is 0.605. The van der Waals surface area contributed by atoms with Crippen LogP contribution in [0.15, 0.2) is 28.7 Å². The number of halogens is 3. The van der Waals surface area contributed by atoms with Gasteiger partial charge in [0, 0.05) is 4.47 Å². The lowest BCUT2D eigenvalue weighted by Crippen LogP contribution is -2.14. The van der Waals surface area contributed by atoms with Crippen LogP contribution < -0.4 is 0 Å². The van der Waals surface area contributed by atoms with E-state index in [9.17, 15) is 13.3 Å². The summed E-state index contributed by atoms with van der Waals surface area (Å²) in [4.78, 5) is 0. The first-order chi connectivity index (χ1) is 9.41. The Balaban J connectivity index is 2.99. The maximum absolute atomic E-state index is 13.2. The second kappa shape index (κ2) is 8.20. The first-order valence-electron chi connectivity index (χ1n) is 6.03. The maximum Gasteiger partial charge on any atom is 0.475 e. The number of phosphoric acid groups is 1. The Morgan fingerprint density at radius 2 is 1.85 bits per heavy atom. The fourth-order valence-corrected chi connectivity index (χ4v) is 3.23. The van der Waals surface area contributed by atoms with Gasteiger partial charge >= 0.3 is 7.82 Å². The minimum Gasteiger partial charge on any atom is -0.287 e. The van der Waals surface area contributed by atoms with Gasteiger partial charge in [-0.05, 0) is 31.5 Å². The molecule has 0 saturated heterocycles. The molecule has 0 amide bonds. The van der Waals surface area contributed by atoms with Crippen molar-refractivity contribution in [1.82, 2.24) is 0 Å². The van der Waals surface area contributed by atoms with Crippen molar-refractivity contribution < 1.29 is 26.9 Å². The molecule has 0 saturated carbocycles. The maximum atomic E-state index is 13.2. The van der Waals surface area contributed by atoms with Gasteiger partial charge in [-0.1, -0.05) is 28.1 Å². The van der Waals surface area contributed by atoms with Crippen molar-refractivity contribution in [3.8, 4) is 0 Å². The summed E-state index contributed by atoms with van der Waals surface area (Å²) in [7, 11) is -4.01. The van der Waals surface area contributed by atoms with Gasteiger partial charge in [0.15, 0.2) is 6.10 Å². The zero-order chi connectivity index (χ0) is 15.2. The van der Waals surface area contributed by atoms with Crippen molar-refractivity contribution in [3.63, 3.8) is 0 Å². The largest absolute Gasteiger partial charge is 0.475 e. The SMILES string of the molecule is CCOP(=O)(OCC)OC(c1cccc(Br)c1)C(F)F. The van der Waals surface area contributed by atoms with Crippen LogP contribution in [-0.4, -0.2) is 19.6 Å². The van der Waals surface area contributed by atoms with E-state index < -0.39 is 20.4 Å². The van der Waals surface area contributed by atoms with E-state index in [2.05, 4.69) is 15.9 Å². The summed E-state index contributed by atoms with van der Waals surface area (Å²) >= 11 is 3.19. The predicted octanol–water partition coefficient (Wildman–Crippen LogP) is 4.95. The third-order valence-electron chi connectivity index (χ3n) is 2.22. The number of hydrogen-bond donors (Lipinski definition) is 0. The molecular weight excluding hydrogens is 357 g/mol. The molecule has 0 aliphatic carbocycles. The van der Waals surface area contributed by atoms with Gasteiger partial charge in [0.1, 0.15) is 0 Å². The molecule has 20 heavy (non-hydrogen) atoms. The Morgan fingerprint density at radius 3 is 2.30 bits per heavy atom. The molecule has 1 unspecified atom stereocenters. The average molecular weight is 373 g/mol. The molecule has 0 heterocycles. The molecule has 8 heteroatoms. The van der Waals surface area contributed by atoms with E-state index in [1.54, 1.807) is 26.0 Å². The highest BCUT2D eigenvalue weighted by Crippen LogP contribution is 2.54. The van der Waals surface area contributed by atoms with Gasteiger partial charge < -0.3 is 0 Å². The fraction of sp³-hybridized carbons (Fsp3) is 0.500. The lowest BCUT2D eigenvalue weighted by Gasteiger charge is -2.23. The van der Waals surface area contributed by atoms with E-state index in [-0.39, 0.29) is 18.8 Å². The smallest absolute Gasteiger partial charge is 0.287 e. The lowest BCUT2D eigenvalue weighted by atomic mass is 10.1. The van der Waals surface area contributed by atoms with Crippen LogP contribution in [0.2, 0.25) is 0 Å². The Labute approximate surface area is 125 Å². The van der Waals surface area contributed by atoms with E-state index in [1.807, 2.05) is 0 Å². The summed E-state index contributed by atoms with van der Waals surface area (Å²) in [5.74, 6) is 0. The second-order valence-electron chi connectivity index (χ2n) is 3.70. The Hall–Kier alpha value is -0.330. The number of alkyl halides is 2. The number of phosphoric ester groups is 1. The van der Waals surface area contributed by atoms with Crippen molar-refractivity contribution >= 4 is 23.8 Å². The molecule has 0 aromatic heterocycles. The van der Waals surface area contributed by atoms with Gasteiger partial charge in [-0.25, -0.2) is 13.3 Å². The summed E-state index contributed by atoms with van der Waals surface area (Å²) in [5.41, 5.74) is 0.189. The first-order valence-corrected chi connectivity index (χ1v) is 8.28. The highest BCUT2D eigenvalue weighted by atomic mass is 79.9. The van der Waals surface area contributed by atoms with Crippen molar-refractivity contribution in [2.24, 2.45) is 0 Å². The monoisotopic (exact) mass is 372 g/mol. The summed E-state index contributed by atoms with van der Waals surface area (Å²) in [6.07, 6.45) is -4.55. The van der Waals surface area contributed by atoms with Crippen LogP contribution in [0.4, 0.5) is 8.78 Å². The molecule has 4 nitrogen and oxygen atoms in total. The van der Waals surface area contributed by atoms with Crippen LogP contribution in [0, 0.1) is 0 Å². The van der Waals surface area contributed by atoms with Gasteiger partial charge in [0.05, 0.1) is 13.2 Å². The molecule has 114 valence electrons. The van der Waals surface area contributed by atoms with Gasteiger partial charge in [0.25, 0.3) is 6.43 Å². The molecule has 0 fully saturated rings. The van der Waals surface area contributed by atoms with E-state index in [0.29, 0.717) is 4.47 Å². The van der Waals surface area contributed by atoms with E-state index in [1.165, 1.54) is 12.1 Å². The number of hydrogen-bond acceptors (Lipinski definition) is 4. The minimum absolute atomic E-state index is 0.0335. The van der Waals surface area contributed by atoms with Crippen molar-refractivity contribution in [2.75, 3.05) is 13.2 Å². The minimum atomic E-state index is -4.01. The first kappa shape index (κ1) is 17.7. The Kier molecular flexibility index (Phi) is 7.26. The topological polar surface area (TPSA) is 44.8 Å². The molecule has 1 aromatic rings. The van der Waals surface area contributed by atoms with Crippen molar-refractivity contribution in [1.29, 1.82) is 0 Å². The molecule has 0 radical (unpaired) electrons. The van der Waals surface area contributed by atoms with Crippen LogP contribution in [0.5, 0.6) is 0 Å². The zero-order valence-electron chi connectivity index (χ0n) is 11.1. The fourth-order valence-electron chi connectivity index (χ4n) is 1.49. The van der Waals surface area contributed by atoms with Crippen LogP contribution in [0.3, 0.4) is 0 Å². The highest BCUT2D eigenvalue weighted by molar-refractivity contribution is 9.10. The van der Waals surface area contributed by atoms with Gasteiger partial charge in [-0.15, -0.1) is 0 Å². The third-order valence-corrected chi connectivity index (χ3v) is 4.35. The lowest BCUT2D eigenvalue weighted by molar-refractivity contribution is -0.0173. The molecule has 1 atom stereocenters. The van der Waals surface area contributed by atoms with E-state index in [4.69, 9.17) is 13.6 Å². The number of benzene rings is 1. The number of rotatable bonds is 8. The normalized spacial score (nSPS) is 13.7. The molecule has 1 rings (SSSR count). The molecule has 0 spiro atoms. The highest BCUT2D eigenvalue weighted by Gasteiger charge is 2.35. The summed E-state index contributed by atoms with van der Waals surface area (Å²) in [6.45, 7) is 3.22. The van der Waals surface area contributed by atoms with Crippen molar-refractivity contribution in [3.05, 3.63) is 34.3 Å². The van der Waals surface area contributed by atoms with Gasteiger partial charge in [-0.3, -0.25) is 13.6 Å². The molecule has 1 aromatic carbocycles. The van der Waals surface area contributed by atoms with Crippen LogP contribution in [0.25, 0.3) is 0 Å². The summed E-state index contributed by atoms with van der Waals surface area (Å²) < 4.78 is 53.8. The van der Waals surface area contributed by atoms with Crippen LogP contribution in [-0.2, 0) is 18.1 Å². The zero-order valence-corrected chi connectivity index (χ0v) is 13.6. The standard InChI is InChI=1S/C12H16BrF2O4P/c1-3-17-20(16,18-4-2)19-11(12(14)15)9-6-5-7-10(13)8-9/h5-8,11-12H,3-4H2,1-2H3. The van der Waals surface area contributed by atoms with E-state index >= 15 is 0 Å². The summed E-state index contributed by atoms with van der Waals surface area (Å²) in [6, 6.07) is 6.21. The summed E-state index contributed by atoms with van der Waals surface area (Å²) in [5, 5.41) is 0. The van der Waals surface area contributed by atoms with Gasteiger partial charge in [-0.2, -0.15) is 0 Å². The van der Waals surface area contributed by atoms with E-state index in [0.717, 1.165) is 0 Å². The molecule has 0 aliphatic heterocycles. The average Bonchev–Trinajstić information content (AvgIpc) is 2.36. The predicted molar refractivity (Wildman–Crippen MR) is 74.8 cm³/mol. The van der Waals surface area contributed by atoms with Crippen LogP contribution in [0.1, 0.15) is 25.5 Å². The molecular formula is C12H16BrF2O4P. The molecule has 0 aliphatic rings. The Bertz CT molecular complexity index is 463. The van der Waals surface area contributed by atoms with Gasteiger partial charge in [0.2, 0.25) is 0 Å². The molecule has 0 N–H and O–H groups in total. The molecule has 0 bridgehead atoms. The second-order valence-corrected chi connectivity index (χ2v) is 6.24. The Morgan fingerprint density at radius 1 is 1.25 bits per heavy atom.